The van der Waals surface area contributed by atoms with Crippen molar-refractivity contribution >= 4 is 29.3 Å². The average Bonchev–Trinajstić information content (AvgIpc) is 2.88. The lowest BCUT2D eigenvalue weighted by atomic mass is 10.2. The maximum Gasteiger partial charge on any atom is 0.407 e. The molecule has 3 aromatic rings. The molecule has 170 valence electrons. The van der Waals surface area contributed by atoms with E-state index in [1.165, 1.54) is 5.69 Å². The zero-order valence-corrected chi connectivity index (χ0v) is 18.2. The Kier molecular flexibility index (Phi) is 7.32. The number of benzene rings is 2. The van der Waals surface area contributed by atoms with E-state index in [1.54, 1.807) is 12.4 Å². The summed E-state index contributed by atoms with van der Waals surface area (Å²) in [5.41, 5.74) is 2.55. The number of hydrogen-bond donors (Lipinski definition) is 2. The number of nitrogens with zero attached hydrogens (tertiary/aromatic N) is 4. The molecule has 33 heavy (non-hydrogen) atoms. The van der Waals surface area contributed by atoms with E-state index in [4.69, 9.17) is 4.74 Å². The molecule has 0 atom stereocenters. The van der Waals surface area contributed by atoms with Gasteiger partial charge in [-0.15, -0.1) is 0 Å². The SMILES string of the molecule is O=C(CNC(=O)OCc1ccccc1)Nc1cnc(N2CCN(c3ccccc3)CC2)nc1. The molecule has 9 nitrogen and oxygen atoms in total. The summed E-state index contributed by atoms with van der Waals surface area (Å²) in [7, 11) is 0. The standard InChI is InChI=1S/C24H26N6O3/c31-22(17-27-24(32)33-18-19-7-3-1-4-8-19)28-20-15-25-23(26-16-20)30-13-11-29(12-14-30)21-9-5-2-6-10-21/h1-10,15-16H,11-14,17-18H2,(H,27,32)(H,28,31). The first-order chi connectivity index (χ1) is 16.2. The summed E-state index contributed by atoms with van der Waals surface area (Å²) in [5.74, 6) is 0.239. The van der Waals surface area contributed by atoms with E-state index in [2.05, 4.69) is 42.5 Å². The maximum atomic E-state index is 12.1. The highest BCUT2D eigenvalue weighted by molar-refractivity contribution is 5.93. The smallest absolute Gasteiger partial charge is 0.407 e. The monoisotopic (exact) mass is 446 g/mol. The van der Waals surface area contributed by atoms with Gasteiger partial charge in [0.25, 0.3) is 0 Å². The third-order valence-corrected chi connectivity index (χ3v) is 5.21. The molecule has 0 saturated carbocycles. The first-order valence-electron chi connectivity index (χ1n) is 10.8. The van der Waals surface area contributed by atoms with Gasteiger partial charge in [-0.2, -0.15) is 0 Å². The zero-order chi connectivity index (χ0) is 22.9. The number of aromatic nitrogens is 2. The molecule has 0 unspecified atom stereocenters. The van der Waals surface area contributed by atoms with Crippen LogP contribution in [0.3, 0.4) is 0 Å². The summed E-state index contributed by atoms with van der Waals surface area (Å²) >= 11 is 0. The molecule has 0 aliphatic carbocycles. The van der Waals surface area contributed by atoms with E-state index in [0.717, 1.165) is 31.7 Å². The second-order valence-electron chi connectivity index (χ2n) is 7.54. The van der Waals surface area contributed by atoms with E-state index >= 15 is 0 Å². The van der Waals surface area contributed by atoms with Gasteiger partial charge in [-0.05, 0) is 17.7 Å². The van der Waals surface area contributed by atoms with Crippen LogP contribution in [-0.4, -0.2) is 54.7 Å². The average molecular weight is 447 g/mol. The number of alkyl carbamates (subject to hydrolysis) is 1. The molecule has 0 radical (unpaired) electrons. The number of anilines is 3. The van der Waals surface area contributed by atoms with Crippen molar-refractivity contribution in [3.8, 4) is 0 Å². The minimum atomic E-state index is -0.657. The lowest BCUT2D eigenvalue weighted by molar-refractivity contribution is -0.115. The molecule has 1 fully saturated rings. The molecule has 2 N–H and O–H groups in total. The summed E-state index contributed by atoms with van der Waals surface area (Å²) in [4.78, 5) is 37.1. The van der Waals surface area contributed by atoms with Crippen LogP contribution in [0, 0.1) is 0 Å². The van der Waals surface area contributed by atoms with Gasteiger partial charge < -0.3 is 25.2 Å². The van der Waals surface area contributed by atoms with Crippen LogP contribution in [0.5, 0.6) is 0 Å². The Labute approximate surface area is 192 Å². The van der Waals surface area contributed by atoms with Gasteiger partial charge in [-0.3, -0.25) is 4.79 Å². The molecule has 9 heteroatoms. The van der Waals surface area contributed by atoms with Gasteiger partial charge in [0.05, 0.1) is 18.1 Å². The largest absolute Gasteiger partial charge is 0.445 e. The van der Waals surface area contributed by atoms with Crippen molar-refractivity contribution in [2.75, 3.05) is 47.8 Å². The second kappa shape index (κ2) is 10.9. The summed E-state index contributed by atoms with van der Waals surface area (Å²) in [5, 5.41) is 5.10. The van der Waals surface area contributed by atoms with E-state index in [1.807, 2.05) is 48.5 Å². The summed E-state index contributed by atoms with van der Waals surface area (Å²) in [6.07, 6.45) is 2.48. The first-order valence-corrected chi connectivity index (χ1v) is 10.8. The van der Waals surface area contributed by atoms with Crippen LogP contribution in [0.2, 0.25) is 0 Å². The Bertz CT molecular complexity index is 1040. The van der Waals surface area contributed by atoms with Crippen molar-refractivity contribution in [1.29, 1.82) is 0 Å². The predicted octanol–water partition coefficient (Wildman–Crippen LogP) is 2.67. The van der Waals surface area contributed by atoms with Gasteiger partial charge in [0.1, 0.15) is 13.2 Å². The molecule has 2 aromatic carbocycles. The minimum absolute atomic E-state index is 0.142. The van der Waals surface area contributed by atoms with Crippen LogP contribution in [0.25, 0.3) is 0 Å². The number of nitrogens with one attached hydrogen (secondary N) is 2. The number of carbonyl (C=O) groups excluding carboxylic acids is 2. The highest BCUT2D eigenvalue weighted by Gasteiger charge is 2.19. The lowest BCUT2D eigenvalue weighted by Crippen LogP contribution is -2.47. The first kappa shape index (κ1) is 22.1. The molecule has 1 aliphatic heterocycles. The molecular weight excluding hydrogens is 420 g/mol. The number of amides is 2. The molecule has 4 rings (SSSR count). The molecule has 1 saturated heterocycles. The van der Waals surface area contributed by atoms with Gasteiger partial charge in [-0.25, -0.2) is 14.8 Å². The summed E-state index contributed by atoms with van der Waals surface area (Å²) < 4.78 is 5.08. The Hall–Kier alpha value is -4.14. The number of rotatable bonds is 7. The van der Waals surface area contributed by atoms with E-state index in [-0.39, 0.29) is 19.1 Å². The van der Waals surface area contributed by atoms with Gasteiger partial charge >= 0.3 is 6.09 Å². The van der Waals surface area contributed by atoms with Crippen molar-refractivity contribution in [1.82, 2.24) is 15.3 Å². The van der Waals surface area contributed by atoms with Gasteiger partial charge in [0.2, 0.25) is 11.9 Å². The van der Waals surface area contributed by atoms with E-state index in [0.29, 0.717) is 11.6 Å². The lowest BCUT2D eigenvalue weighted by Gasteiger charge is -2.36. The third-order valence-electron chi connectivity index (χ3n) is 5.21. The van der Waals surface area contributed by atoms with Crippen LogP contribution in [0.15, 0.2) is 73.1 Å². The van der Waals surface area contributed by atoms with Crippen LogP contribution < -0.4 is 20.4 Å². The number of carbonyl (C=O) groups is 2. The molecule has 0 bridgehead atoms. The normalized spacial score (nSPS) is 13.3. The van der Waals surface area contributed by atoms with Crippen LogP contribution in [-0.2, 0) is 16.1 Å². The third kappa shape index (κ3) is 6.42. The fourth-order valence-corrected chi connectivity index (χ4v) is 3.48. The van der Waals surface area contributed by atoms with Crippen LogP contribution >= 0.6 is 0 Å². The molecule has 1 aliphatic rings. The fraction of sp³-hybridized carbons (Fsp3) is 0.250. The highest BCUT2D eigenvalue weighted by Crippen LogP contribution is 2.18. The summed E-state index contributed by atoms with van der Waals surface area (Å²) in [6, 6.07) is 19.6. The molecule has 1 aromatic heterocycles. The maximum absolute atomic E-state index is 12.1. The predicted molar refractivity (Wildman–Crippen MR) is 126 cm³/mol. The van der Waals surface area contributed by atoms with Gasteiger partial charge in [-0.1, -0.05) is 48.5 Å². The summed E-state index contributed by atoms with van der Waals surface area (Å²) in [6.45, 7) is 3.33. The topological polar surface area (TPSA) is 99.7 Å². The number of ether oxygens (including phenoxy) is 1. The van der Waals surface area contributed by atoms with Gasteiger partial charge in [0, 0.05) is 31.9 Å². The Balaban J connectivity index is 1.18. The number of piperazine rings is 1. The van der Waals surface area contributed by atoms with E-state index < -0.39 is 6.09 Å². The fourth-order valence-electron chi connectivity index (χ4n) is 3.48. The molecule has 2 heterocycles. The molecule has 2 amide bonds. The van der Waals surface area contributed by atoms with Crippen molar-refractivity contribution in [3.63, 3.8) is 0 Å². The van der Waals surface area contributed by atoms with Crippen molar-refractivity contribution in [2.24, 2.45) is 0 Å². The Morgan fingerprint density at radius 1 is 0.848 bits per heavy atom. The van der Waals surface area contributed by atoms with Crippen molar-refractivity contribution in [3.05, 3.63) is 78.6 Å². The number of para-hydroxylation sites is 1. The second-order valence-corrected chi connectivity index (χ2v) is 7.54. The highest BCUT2D eigenvalue weighted by atomic mass is 16.5. The quantitative estimate of drug-likeness (QED) is 0.576. The zero-order valence-electron chi connectivity index (χ0n) is 18.2. The Morgan fingerprint density at radius 2 is 1.45 bits per heavy atom. The molecular formula is C24H26N6O3. The van der Waals surface area contributed by atoms with Crippen molar-refractivity contribution < 1.29 is 14.3 Å². The van der Waals surface area contributed by atoms with Gasteiger partial charge in [0.15, 0.2) is 0 Å². The van der Waals surface area contributed by atoms with Crippen LogP contribution in [0.1, 0.15) is 5.56 Å². The minimum Gasteiger partial charge on any atom is -0.445 e. The number of hydrogen-bond acceptors (Lipinski definition) is 7. The Morgan fingerprint density at radius 3 is 2.12 bits per heavy atom. The molecule has 0 spiro atoms. The van der Waals surface area contributed by atoms with Crippen LogP contribution in [0.4, 0.5) is 22.1 Å². The van der Waals surface area contributed by atoms with Crippen molar-refractivity contribution in [2.45, 2.75) is 6.61 Å². The van der Waals surface area contributed by atoms with E-state index in [9.17, 15) is 9.59 Å².